The van der Waals surface area contributed by atoms with E-state index in [9.17, 15) is 53.5 Å². The molecule has 1 saturated heterocycles. The molecule has 2 saturated carbocycles. The summed E-state index contributed by atoms with van der Waals surface area (Å²) >= 11 is 0. The molecule has 2 aromatic carbocycles. The number of alkyl halides is 6. The number of nitrogens with zero attached hydrogens (tertiary/aromatic N) is 3. The Bertz CT molecular complexity index is 2240. The number of allylic oxidation sites excluding steroid dienone is 1. The fourth-order valence-corrected chi connectivity index (χ4v) is 8.92. The van der Waals surface area contributed by atoms with Gasteiger partial charge in [-0.3, -0.25) is 23.7 Å². The van der Waals surface area contributed by atoms with Crippen LogP contribution in [0.25, 0.3) is 11.0 Å². The van der Waals surface area contributed by atoms with Crippen molar-refractivity contribution in [2.24, 2.45) is 5.92 Å². The second-order valence-electron chi connectivity index (χ2n) is 15.7. The van der Waals surface area contributed by atoms with Crippen molar-refractivity contribution in [3.05, 3.63) is 66.0 Å². The minimum atomic E-state index is -4.91. The normalized spacial score (nSPS) is 27.1. The SMILES string of the molecule is CC1(S(=O)(=O)NC(=O)[C@@]23C[C@@H]2/C=C\CCCCC[C@H](Nc2cc(F)cc(C(F)(F)F)c2)C(=O)N2C[C@H](Oc4nc5ccccc5n4CC(F)(F)F)C[C@H]2C(=O)N3)CC1. The highest BCUT2D eigenvalue weighted by molar-refractivity contribution is 7.91. The van der Waals surface area contributed by atoms with Crippen LogP contribution in [0.3, 0.4) is 0 Å². The van der Waals surface area contributed by atoms with Gasteiger partial charge in [0.15, 0.2) is 0 Å². The first kappa shape index (κ1) is 41.3. The van der Waals surface area contributed by atoms with Gasteiger partial charge in [0.2, 0.25) is 21.8 Å². The molecule has 3 fully saturated rings. The Morgan fingerprint density at radius 1 is 1.05 bits per heavy atom. The number of benzene rings is 2. The highest BCUT2D eigenvalue weighted by Crippen LogP contribution is 2.47. The molecule has 58 heavy (non-hydrogen) atoms. The van der Waals surface area contributed by atoms with E-state index in [1.54, 1.807) is 18.2 Å². The van der Waals surface area contributed by atoms with Gasteiger partial charge in [-0.05, 0) is 75.8 Å². The molecular weight excluding hydrogens is 802 g/mol. The lowest BCUT2D eigenvalue weighted by Crippen LogP contribution is -2.58. The lowest BCUT2D eigenvalue weighted by atomic mass is 10.0. The standard InChI is InChI=1S/C38H41F7N6O6S/c1-35(13-14-35)58(55,56)49-33(54)36-19-22(36)9-5-3-2-4-6-11-28(46-25-16-23(38(43,44)45)15-24(39)17-25)32(53)50-20-26(18-30(50)31(52)48-36)57-34-47-27-10-7-8-12-29(27)51(34)21-37(40,41)42/h5,7-10,12,15-17,22,26,28,30,46H,2-4,6,11,13-14,18-21H2,1H3,(H,48,52)(H,49,54)/b9-5-/t22-,26+,28-,30-,36+/m0/s1. The van der Waals surface area contributed by atoms with Gasteiger partial charge in [-0.15, -0.1) is 0 Å². The number of carbonyl (C=O) groups excluding carboxylic acids is 3. The predicted molar refractivity (Wildman–Crippen MR) is 195 cm³/mol. The van der Waals surface area contributed by atoms with Crippen LogP contribution in [0.4, 0.5) is 36.4 Å². The number of rotatable bonds is 8. The summed E-state index contributed by atoms with van der Waals surface area (Å²) in [5.74, 6) is -4.51. The van der Waals surface area contributed by atoms with Gasteiger partial charge >= 0.3 is 12.4 Å². The summed E-state index contributed by atoms with van der Waals surface area (Å²) in [6, 6.07) is 4.49. The number of aromatic nitrogens is 2. The number of fused-ring (bicyclic) bond motifs is 3. The number of imidazole rings is 1. The first-order valence-corrected chi connectivity index (χ1v) is 20.4. The van der Waals surface area contributed by atoms with E-state index < -0.39 is 105 Å². The van der Waals surface area contributed by atoms with Gasteiger partial charge < -0.3 is 20.3 Å². The topological polar surface area (TPSA) is 152 Å². The van der Waals surface area contributed by atoms with Crippen LogP contribution in [0, 0.1) is 11.7 Å². The molecule has 4 aliphatic rings. The van der Waals surface area contributed by atoms with E-state index in [2.05, 4.69) is 20.3 Å². The number of hydrogen-bond acceptors (Lipinski definition) is 8. The van der Waals surface area contributed by atoms with Gasteiger partial charge in [0.1, 0.15) is 36.1 Å². The summed E-state index contributed by atoms with van der Waals surface area (Å²) in [7, 11) is -4.13. The summed E-state index contributed by atoms with van der Waals surface area (Å²) in [6.45, 7) is -0.393. The van der Waals surface area contributed by atoms with E-state index >= 15 is 0 Å². The lowest BCUT2D eigenvalue weighted by Gasteiger charge is -2.30. The number of carbonyl (C=O) groups is 3. The molecule has 0 radical (unpaired) electrons. The Labute approximate surface area is 328 Å². The number of amides is 3. The molecular formula is C38H41F7N6O6S. The van der Waals surface area contributed by atoms with Gasteiger partial charge in [0, 0.05) is 18.0 Å². The maximum Gasteiger partial charge on any atom is 0.416 e. The fourth-order valence-electron chi connectivity index (χ4n) is 7.61. The molecule has 3 amide bonds. The van der Waals surface area contributed by atoms with Crippen molar-refractivity contribution in [2.45, 2.75) is 112 Å². The van der Waals surface area contributed by atoms with E-state index in [1.807, 2.05) is 0 Å². The molecule has 5 atom stereocenters. The zero-order valence-electron chi connectivity index (χ0n) is 31.1. The fraction of sp³-hybridized carbons (Fsp3) is 0.526. The summed E-state index contributed by atoms with van der Waals surface area (Å²) < 4.78 is 131. The highest BCUT2D eigenvalue weighted by atomic mass is 32.2. The molecule has 0 unspecified atom stereocenters. The number of halogens is 7. The minimum Gasteiger partial charge on any atom is -0.459 e. The van der Waals surface area contributed by atoms with E-state index in [0.717, 1.165) is 15.5 Å². The summed E-state index contributed by atoms with van der Waals surface area (Å²) in [5, 5.41) is 5.41. The van der Waals surface area contributed by atoms with Crippen molar-refractivity contribution >= 4 is 44.5 Å². The van der Waals surface area contributed by atoms with Gasteiger partial charge in [-0.2, -0.15) is 31.3 Å². The second-order valence-corrected chi connectivity index (χ2v) is 17.9. The van der Waals surface area contributed by atoms with Crippen LogP contribution in [-0.4, -0.2) is 81.8 Å². The zero-order valence-corrected chi connectivity index (χ0v) is 31.9. The smallest absolute Gasteiger partial charge is 0.416 e. The van der Waals surface area contributed by atoms with Crippen molar-refractivity contribution in [1.29, 1.82) is 0 Å². The Kier molecular flexibility index (Phi) is 10.7. The summed E-state index contributed by atoms with van der Waals surface area (Å²) in [5.41, 5.74) is -3.11. The third-order valence-corrected chi connectivity index (χ3v) is 13.4. The molecule has 7 rings (SSSR count). The second kappa shape index (κ2) is 15.1. The quantitative estimate of drug-likeness (QED) is 0.185. The van der Waals surface area contributed by atoms with Crippen molar-refractivity contribution < 1.29 is 58.3 Å². The van der Waals surface area contributed by atoms with Crippen molar-refractivity contribution in [3.8, 4) is 6.01 Å². The maximum atomic E-state index is 14.6. The number of para-hydroxylation sites is 2. The Balaban J connectivity index is 1.23. The first-order valence-electron chi connectivity index (χ1n) is 18.9. The van der Waals surface area contributed by atoms with Crippen LogP contribution in [0.2, 0.25) is 0 Å². The molecule has 3 N–H and O–H groups in total. The molecule has 3 heterocycles. The molecule has 3 aromatic rings. The third kappa shape index (κ3) is 8.61. The summed E-state index contributed by atoms with van der Waals surface area (Å²) in [4.78, 5) is 48.0. The maximum absolute atomic E-state index is 14.6. The van der Waals surface area contributed by atoms with E-state index in [1.165, 1.54) is 25.1 Å². The highest BCUT2D eigenvalue weighted by Gasteiger charge is 2.63. The van der Waals surface area contributed by atoms with Gasteiger partial charge in [0.05, 0.1) is 27.9 Å². The van der Waals surface area contributed by atoms with E-state index in [4.69, 9.17) is 4.74 Å². The first-order chi connectivity index (χ1) is 27.2. The Morgan fingerprint density at radius 2 is 1.79 bits per heavy atom. The molecule has 0 bridgehead atoms. The van der Waals surface area contributed by atoms with Crippen molar-refractivity contribution in [2.75, 3.05) is 11.9 Å². The monoisotopic (exact) mass is 842 g/mol. The molecule has 12 nitrogen and oxygen atoms in total. The minimum absolute atomic E-state index is 0.0284. The van der Waals surface area contributed by atoms with Crippen molar-refractivity contribution in [1.82, 2.24) is 24.5 Å². The van der Waals surface area contributed by atoms with Gasteiger partial charge in [-0.1, -0.05) is 37.1 Å². The van der Waals surface area contributed by atoms with Crippen LogP contribution in [0.5, 0.6) is 6.01 Å². The molecule has 314 valence electrons. The molecule has 20 heteroatoms. The third-order valence-electron chi connectivity index (χ3n) is 11.3. The largest absolute Gasteiger partial charge is 0.459 e. The van der Waals surface area contributed by atoms with Crippen LogP contribution >= 0.6 is 0 Å². The zero-order chi connectivity index (χ0) is 41.8. The number of sulfonamides is 1. The van der Waals surface area contributed by atoms with Gasteiger partial charge in [-0.25, -0.2) is 12.8 Å². The molecule has 2 aliphatic carbocycles. The van der Waals surface area contributed by atoms with E-state index in [-0.39, 0.29) is 36.0 Å². The Morgan fingerprint density at radius 3 is 2.50 bits per heavy atom. The Hall–Kier alpha value is -4.88. The lowest BCUT2D eigenvalue weighted by molar-refractivity contribution is -0.141. The van der Waals surface area contributed by atoms with Crippen LogP contribution < -0.4 is 20.1 Å². The van der Waals surface area contributed by atoms with E-state index in [0.29, 0.717) is 50.7 Å². The number of nitrogens with one attached hydrogen (secondary N) is 3. The van der Waals surface area contributed by atoms with Crippen LogP contribution in [0.1, 0.15) is 70.3 Å². The van der Waals surface area contributed by atoms with Crippen LogP contribution in [-0.2, 0) is 37.1 Å². The number of anilines is 1. The number of ether oxygens (including phenoxy) is 1. The summed E-state index contributed by atoms with van der Waals surface area (Å²) in [6.07, 6.45) is -4.82. The number of hydrogen-bond donors (Lipinski definition) is 3. The molecule has 0 spiro atoms. The van der Waals surface area contributed by atoms with Crippen molar-refractivity contribution in [3.63, 3.8) is 0 Å². The molecule has 1 aromatic heterocycles. The predicted octanol–water partition coefficient (Wildman–Crippen LogP) is 5.98. The molecule has 2 aliphatic heterocycles. The van der Waals surface area contributed by atoms with Crippen LogP contribution in [0.15, 0.2) is 54.6 Å². The average molecular weight is 843 g/mol. The average Bonchev–Trinajstić information content (AvgIpc) is 3.97. The van der Waals surface area contributed by atoms with Gasteiger partial charge in [0.25, 0.3) is 11.9 Å².